The van der Waals surface area contributed by atoms with Gasteiger partial charge in [-0.05, 0) is 19.9 Å². The summed E-state index contributed by atoms with van der Waals surface area (Å²) in [7, 11) is 0. The molecule has 0 aromatic rings. The van der Waals surface area contributed by atoms with Gasteiger partial charge in [-0.3, -0.25) is 14.5 Å². The van der Waals surface area contributed by atoms with Crippen molar-refractivity contribution in [1.29, 1.82) is 0 Å². The Morgan fingerprint density at radius 3 is 2.29 bits per heavy atom. The third-order valence-corrected chi connectivity index (χ3v) is 2.81. The van der Waals surface area contributed by atoms with Gasteiger partial charge in [0.1, 0.15) is 0 Å². The smallest absolute Gasteiger partial charge is 0.307 e. The van der Waals surface area contributed by atoms with Crippen LogP contribution in [0.25, 0.3) is 0 Å². The molecule has 0 aromatic carbocycles. The monoisotopic (exact) mass is 244 g/mol. The number of carboxylic acids is 1. The summed E-state index contributed by atoms with van der Waals surface area (Å²) in [5, 5.41) is 11.7. The van der Waals surface area contributed by atoms with E-state index in [1.807, 2.05) is 25.7 Å². The van der Waals surface area contributed by atoms with Gasteiger partial charge in [0.05, 0.1) is 12.0 Å². The molecule has 100 valence electrons. The first-order chi connectivity index (χ1) is 7.93. The Kier molecular flexibility index (Phi) is 7.54. The number of carboxylic acid groups (broad SMARTS) is 1. The first-order valence-corrected chi connectivity index (χ1v) is 6.18. The van der Waals surface area contributed by atoms with Crippen molar-refractivity contribution in [2.75, 3.05) is 19.6 Å². The van der Waals surface area contributed by atoms with E-state index >= 15 is 0 Å². The predicted octanol–water partition coefficient (Wildman–Crippen LogP) is 0.944. The number of carbonyl (C=O) groups is 2. The van der Waals surface area contributed by atoms with Gasteiger partial charge in [-0.15, -0.1) is 0 Å². The van der Waals surface area contributed by atoms with Crippen LogP contribution < -0.4 is 5.32 Å². The van der Waals surface area contributed by atoms with E-state index in [1.54, 1.807) is 6.92 Å². The molecule has 0 bridgehead atoms. The summed E-state index contributed by atoms with van der Waals surface area (Å²) >= 11 is 0. The maximum absolute atomic E-state index is 11.8. The van der Waals surface area contributed by atoms with Crippen LogP contribution in [0.3, 0.4) is 0 Å². The Balaban J connectivity index is 4.33. The van der Waals surface area contributed by atoms with Crippen molar-refractivity contribution in [1.82, 2.24) is 10.2 Å². The average Bonchev–Trinajstić information content (AvgIpc) is 2.31. The number of aliphatic carboxylic acids is 1. The van der Waals surface area contributed by atoms with Crippen LogP contribution in [-0.2, 0) is 9.59 Å². The summed E-state index contributed by atoms with van der Waals surface area (Å²) in [6.07, 6.45) is 0.899. The quantitative estimate of drug-likeness (QED) is 0.667. The minimum atomic E-state index is -0.829. The summed E-state index contributed by atoms with van der Waals surface area (Å²) in [6.45, 7) is 9.11. The number of amides is 1. The Labute approximate surface area is 103 Å². The average molecular weight is 244 g/mol. The third-order valence-electron chi connectivity index (χ3n) is 2.81. The van der Waals surface area contributed by atoms with Gasteiger partial charge in [-0.25, -0.2) is 0 Å². The van der Waals surface area contributed by atoms with Gasteiger partial charge in [0.2, 0.25) is 5.91 Å². The van der Waals surface area contributed by atoms with Crippen molar-refractivity contribution in [2.45, 2.75) is 40.2 Å². The Morgan fingerprint density at radius 2 is 1.88 bits per heavy atom. The zero-order valence-corrected chi connectivity index (χ0v) is 11.2. The van der Waals surface area contributed by atoms with Crippen molar-refractivity contribution in [3.8, 4) is 0 Å². The van der Waals surface area contributed by atoms with Crippen molar-refractivity contribution >= 4 is 11.9 Å². The third kappa shape index (κ3) is 5.68. The molecule has 2 unspecified atom stereocenters. The maximum Gasteiger partial charge on any atom is 0.307 e. The van der Waals surface area contributed by atoms with Crippen molar-refractivity contribution in [3.05, 3.63) is 0 Å². The highest BCUT2D eigenvalue weighted by Gasteiger charge is 2.23. The topological polar surface area (TPSA) is 69.6 Å². The van der Waals surface area contributed by atoms with Gasteiger partial charge in [-0.2, -0.15) is 0 Å². The standard InChI is InChI=1S/C12H24N2O3/c1-5-7-13-11(15)10(4)14(6-2)8-9(3)12(16)17/h9-10H,5-8H2,1-4H3,(H,13,15)(H,16,17). The number of carbonyl (C=O) groups excluding carboxylic acids is 1. The number of likely N-dealkylation sites (N-methyl/N-ethyl adjacent to an activating group) is 1. The van der Waals surface area contributed by atoms with E-state index in [1.165, 1.54) is 0 Å². The summed E-state index contributed by atoms with van der Waals surface area (Å²) < 4.78 is 0. The van der Waals surface area contributed by atoms with Gasteiger partial charge >= 0.3 is 5.97 Å². The van der Waals surface area contributed by atoms with Crippen molar-refractivity contribution < 1.29 is 14.7 Å². The Bertz CT molecular complexity index is 256. The fourth-order valence-electron chi connectivity index (χ4n) is 1.55. The first kappa shape index (κ1) is 15.9. The molecule has 0 rings (SSSR count). The lowest BCUT2D eigenvalue weighted by Gasteiger charge is -2.28. The fraction of sp³-hybridized carbons (Fsp3) is 0.833. The molecule has 5 nitrogen and oxygen atoms in total. The van der Waals surface area contributed by atoms with E-state index in [-0.39, 0.29) is 11.9 Å². The van der Waals surface area contributed by atoms with Crippen LogP contribution in [-0.4, -0.2) is 47.6 Å². The lowest BCUT2D eigenvalue weighted by Crippen LogP contribution is -2.47. The number of hydrogen-bond acceptors (Lipinski definition) is 3. The van der Waals surface area contributed by atoms with Crippen molar-refractivity contribution in [2.24, 2.45) is 5.92 Å². The summed E-state index contributed by atoms with van der Waals surface area (Å²) in [6, 6.07) is -0.284. The molecule has 0 heterocycles. The second-order valence-corrected chi connectivity index (χ2v) is 4.29. The molecule has 5 heteroatoms. The molecular formula is C12H24N2O3. The lowest BCUT2D eigenvalue weighted by atomic mass is 10.1. The zero-order chi connectivity index (χ0) is 13.4. The first-order valence-electron chi connectivity index (χ1n) is 6.18. The Morgan fingerprint density at radius 1 is 1.29 bits per heavy atom. The second kappa shape index (κ2) is 8.06. The molecule has 0 radical (unpaired) electrons. The van der Waals surface area contributed by atoms with E-state index in [4.69, 9.17) is 5.11 Å². The van der Waals surface area contributed by atoms with Crippen molar-refractivity contribution in [3.63, 3.8) is 0 Å². The minimum Gasteiger partial charge on any atom is -0.481 e. The van der Waals surface area contributed by atoms with E-state index in [0.717, 1.165) is 6.42 Å². The zero-order valence-electron chi connectivity index (χ0n) is 11.2. The second-order valence-electron chi connectivity index (χ2n) is 4.29. The van der Waals surface area contributed by atoms with Gasteiger partial charge < -0.3 is 10.4 Å². The molecule has 0 saturated carbocycles. The molecule has 2 atom stereocenters. The van der Waals surface area contributed by atoms with E-state index in [9.17, 15) is 9.59 Å². The van der Waals surface area contributed by atoms with Crippen LogP contribution in [0.1, 0.15) is 34.1 Å². The van der Waals surface area contributed by atoms with Crippen LogP contribution in [0.4, 0.5) is 0 Å². The summed E-state index contributed by atoms with van der Waals surface area (Å²) in [4.78, 5) is 24.4. The fourth-order valence-corrected chi connectivity index (χ4v) is 1.55. The highest BCUT2D eigenvalue weighted by Crippen LogP contribution is 2.05. The Hall–Kier alpha value is -1.10. The van der Waals surface area contributed by atoms with Crippen LogP contribution in [0.15, 0.2) is 0 Å². The highest BCUT2D eigenvalue weighted by atomic mass is 16.4. The summed E-state index contributed by atoms with van der Waals surface area (Å²) in [5.74, 6) is -1.33. The molecular weight excluding hydrogens is 220 g/mol. The molecule has 0 fully saturated rings. The van der Waals surface area contributed by atoms with E-state index < -0.39 is 11.9 Å². The number of hydrogen-bond donors (Lipinski definition) is 2. The molecule has 0 saturated heterocycles. The van der Waals surface area contributed by atoms with Crippen LogP contribution in [0.2, 0.25) is 0 Å². The molecule has 1 amide bonds. The predicted molar refractivity (Wildman–Crippen MR) is 66.8 cm³/mol. The molecule has 0 aliphatic carbocycles. The summed E-state index contributed by atoms with van der Waals surface area (Å²) in [5.41, 5.74) is 0. The van der Waals surface area contributed by atoms with E-state index in [0.29, 0.717) is 19.6 Å². The van der Waals surface area contributed by atoms with Crippen LogP contribution in [0, 0.1) is 5.92 Å². The molecule has 0 aliphatic rings. The molecule has 0 aromatic heterocycles. The highest BCUT2D eigenvalue weighted by molar-refractivity contribution is 5.81. The lowest BCUT2D eigenvalue weighted by molar-refractivity contribution is -0.142. The van der Waals surface area contributed by atoms with E-state index in [2.05, 4.69) is 5.32 Å². The normalized spacial score (nSPS) is 14.4. The molecule has 0 aliphatic heterocycles. The van der Waals surface area contributed by atoms with Crippen LogP contribution >= 0.6 is 0 Å². The van der Waals surface area contributed by atoms with Crippen LogP contribution in [0.5, 0.6) is 0 Å². The molecule has 17 heavy (non-hydrogen) atoms. The van der Waals surface area contributed by atoms with Gasteiger partial charge in [-0.1, -0.05) is 20.8 Å². The minimum absolute atomic E-state index is 0.0358. The SMILES string of the molecule is CCCNC(=O)C(C)N(CC)CC(C)C(=O)O. The van der Waals surface area contributed by atoms with Gasteiger partial charge in [0.25, 0.3) is 0 Å². The number of rotatable bonds is 8. The molecule has 0 spiro atoms. The van der Waals surface area contributed by atoms with Gasteiger partial charge in [0, 0.05) is 13.1 Å². The number of nitrogens with zero attached hydrogens (tertiary/aromatic N) is 1. The van der Waals surface area contributed by atoms with Gasteiger partial charge in [0.15, 0.2) is 0 Å². The molecule has 2 N–H and O–H groups in total. The maximum atomic E-state index is 11.8. The largest absolute Gasteiger partial charge is 0.481 e. The number of nitrogens with one attached hydrogen (secondary N) is 1.